The van der Waals surface area contributed by atoms with Gasteiger partial charge in [-0.05, 0) is 30.2 Å². The molecule has 120 valence electrons. The summed E-state index contributed by atoms with van der Waals surface area (Å²) in [6.45, 7) is 6.19. The highest BCUT2D eigenvalue weighted by atomic mass is 19.1. The van der Waals surface area contributed by atoms with Crippen molar-refractivity contribution in [2.24, 2.45) is 5.92 Å². The fourth-order valence-corrected chi connectivity index (χ4v) is 2.44. The van der Waals surface area contributed by atoms with Crippen LogP contribution in [-0.2, 0) is 9.59 Å². The van der Waals surface area contributed by atoms with E-state index in [1.165, 1.54) is 24.3 Å². The van der Waals surface area contributed by atoms with Gasteiger partial charge in [-0.25, -0.2) is 4.39 Å². The van der Waals surface area contributed by atoms with Crippen LogP contribution in [0, 0.1) is 11.7 Å². The Morgan fingerprint density at radius 3 is 2.68 bits per heavy atom. The van der Waals surface area contributed by atoms with E-state index in [2.05, 4.69) is 24.5 Å². The van der Waals surface area contributed by atoms with Gasteiger partial charge in [0.15, 0.2) is 0 Å². The van der Waals surface area contributed by atoms with Gasteiger partial charge in [0.05, 0.1) is 0 Å². The molecule has 0 unspecified atom stereocenters. The molecular weight excluding hydrogens is 285 g/mol. The van der Waals surface area contributed by atoms with Gasteiger partial charge in [0.2, 0.25) is 11.8 Å². The number of hydrogen-bond acceptors (Lipinski definition) is 3. The van der Waals surface area contributed by atoms with Crippen molar-refractivity contribution in [2.45, 2.75) is 26.3 Å². The van der Waals surface area contributed by atoms with Gasteiger partial charge in [-0.2, -0.15) is 0 Å². The van der Waals surface area contributed by atoms with E-state index >= 15 is 0 Å². The lowest BCUT2D eigenvalue weighted by Crippen LogP contribution is -2.54. The SMILES string of the molecule is CC(C)[C@H]1CN(C(=O)CC(=O)Nc2ccc(F)cc2)CCN1. The maximum absolute atomic E-state index is 12.8. The molecule has 1 saturated heterocycles. The zero-order chi connectivity index (χ0) is 16.1. The Balaban J connectivity index is 1.85. The molecule has 6 heteroatoms. The first-order valence-electron chi connectivity index (χ1n) is 7.52. The van der Waals surface area contributed by atoms with Crippen molar-refractivity contribution in [3.8, 4) is 0 Å². The van der Waals surface area contributed by atoms with Crippen molar-refractivity contribution in [1.82, 2.24) is 10.2 Å². The number of carbonyl (C=O) groups is 2. The first-order chi connectivity index (χ1) is 10.5. The number of rotatable bonds is 4. The highest BCUT2D eigenvalue weighted by Gasteiger charge is 2.26. The van der Waals surface area contributed by atoms with Gasteiger partial charge in [0.1, 0.15) is 12.2 Å². The second-order valence-corrected chi connectivity index (χ2v) is 5.88. The molecular formula is C16H22FN3O2. The Bertz CT molecular complexity index is 531. The summed E-state index contributed by atoms with van der Waals surface area (Å²) in [7, 11) is 0. The Morgan fingerprint density at radius 1 is 1.36 bits per heavy atom. The van der Waals surface area contributed by atoms with Crippen molar-refractivity contribution in [1.29, 1.82) is 0 Å². The van der Waals surface area contributed by atoms with Crippen molar-refractivity contribution in [3.63, 3.8) is 0 Å². The van der Waals surface area contributed by atoms with Gasteiger partial charge in [0, 0.05) is 31.4 Å². The molecule has 1 aromatic rings. The minimum atomic E-state index is -0.378. The summed E-state index contributed by atoms with van der Waals surface area (Å²) in [5, 5.41) is 5.98. The van der Waals surface area contributed by atoms with Crippen LogP contribution in [0.25, 0.3) is 0 Å². The molecule has 0 bridgehead atoms. The summed E-state index contributed by atoms with van der Waals surface area (Å²) >= 11 is 0. The van der Waals surface area contributed by atoms with E-state index < -0.39 is 0 Å². The summed E-state index contributed by atoms with van der Waals surface area (Å²) in [6.07, 6.45) is -0.192. The predicted octanol–water partition coefficient (Wildman–Crippen LogP) is 1.61. The Kier molecular flexibility index (Phi) is 5.49. The maximum atomic E-state index is 12.8. The normalized spacial score (nSPS) is 18.4. The first-order valence-corrected chi connectivity index (χ1v) is 7.52. The van der Waals surface area contributed by atoms with Crippen molar-refractivity contribution in [3.05, 3.63) is 30.1 Å². The number of nitrogens with one attached hydrogen (secondary N) is 2. The lowest BCUT2D eigenvalue weighted by molar-refractivity contribution is -0.135. The summed E-state index contributed by atoms with van der Waals surface area (Å²) in [4.78, 5) is 25.8. The monoisotopic (exact) mass is 307 g/mol. The molecule has 1 fully saturated rings. The molecule has 0 saturated carbocycles. The van der Waals surface area contributed by atoms with E-state index in [0.717, 1.165) is 6.54 Å². The van der Waals surface area contributed by atoms with E-state index in [0.29, 0.717) is 24.7 Å². The van der Waals surface area contributed by atoms with E-state index in [9.17, 15) is 14.0 Å². The fourth-order valence-electron chi connectivity index (χ4n) is 2.44. The second kappa shape index (κ2) is 7.35. The van der Waals surface area contributed by atoms with Gasteiger partial charge in [-0.1, -0.05) is 13.8 Å². The average Bonchev–Trinajstić information content (AvgIpc) is 2.49. The van der Waals surface area contributed by atoms with E-state index in [1.807, 2.05) is 0 Å². The highest BCUT2D eigenvalue weighted by Crippen LogP contribution is 2.11. The van der Waals surface area contributed by atoms with Crippen LogP contribution in [0.3, 0.4) is 0 Å². The summed E-state index contributed by atoms with van der Waals surface area (Å²) in [5.41, 5.74) is 0.486. The van der Waals surface area contributed by atoms with Crippen LogP contribution in [0.2, 0.25) is 0 Å². The molecule has 0 aliphatic carbocycles. The molecule has 0 aromatic heterocycles. The molecule has 1 heterocycles. The number of halogens is 1. The molecule has 0 spiro atoms. The first kappa shape index (κ1) is 16.4. The lowest BCUT2D eigenvalue weighted by atomic mass is 10.0. The number of nitrogens with zero attached hydrogens (tertiary/aromatic N) is 1. The van der Waals surface area contributed by atoms with Crippen LogP contribution in [-0.4, -0.2) is 42.4 Å². The number of amides is 2. The third kappa shape index (κ3) is 4.53. The Labute approximate surface area is 129 Å². The minimum absolute atomic E-state index is 0.174. The number of piperazine rings is 1. The van der Waals surface area contributed by atoms with Gasteiger partial charge in [-0.3, -0.25) is 9.59 Å². The van der Waals surface area contributed by atoms with Crippen LogP contribution in [0.5, 0.6) is 0 Å². The van der Waals surface area contributed by atoms with Gasteiger partial charge in [-0.15, -0.1) is 0 Å². The standard InChI is InChI=1S/C16H22FN3O2/c1-11(2)14-10-20(8-7-18-14)16(22)9-15(21)19-13-5-3-12(17)4-6-13/h3-6,11,14,18H,7-10H2,1-2H3,(H,19,21)/t14-/m1/s1. The summed E-state index contributed by atoms with van der Waals surface area (Å²) in [6, 6.07) is 5.73. The number of benzene rings is 1. The van der Waals surface area contributed by atoms with Gasteiger partial charge in [0.25, 0.3) is 0 Å². The smallest absolute Gasteiger partial charge is 0.233 e. The predicted molar refractivity (Wildman–Crippen MR) is 82.9 cm³/mol. The molecule has 22 heavy (non-hydrogen) atoms. The number of carbonyl (C=O) groups excluding carboxylic acids is 2. The highest BCUT2D eigenvalue weighted by molar-refractivity contribution is 6.03. The molecule has 2 rings (SSSR count). The van der Waals surface area contributed by atoms with Crippen molar-refractivity contribution >= 4 is 17.5 Å². The molecule has 1 aliphatic heterocycles. The number of anilines is 1. The van der Waals surface area contributed by atoms with Crippen molar-refractivity contribution < 1.29 is 14.0 Å². The van der Waals surface area contributed by atoms with Crippen LogP contribution in [0.1, 0.15) is 20.3 Å². The second-order valence-electron chi connectivity index (χ2n) is 5.88. The zero-order valence-electron chi connectivity index (χ0n) is 12.9. The largest absolute Gasteiger partial charge is 0.339 e. The van der Waals surface area contributed by atoms with Gasteiger partial charge < -0.3 is 15.5 Å². The average molecular weight is 307 g/mol. The van der Waals surface area contributed by atoms with Crippen LogP contribution in [0.15, 0.2) is 24.3 Å². The zero-order valence-corrected chi connectivity index (χ0v) is 12.9. The number of hydrogen-bond donors (Lipinski definition) is 2. The molecule has 5 nitrogen and oxygen atoms in total. The quantitative estimate of drug-likeness (QED) is 0.831. The Hall–Kier alpha value is -1.95. The molecule has 0 radical (unpaired) electrons. The van der Waals surface area contributed by atoms with E-state index in [-0.39, 0.29) is 30.1 Å². The molecule has 2 amide bonds. The molecule has 1 aliphatic rings. The maximum Gasteiger partial charge on any atom is 0.233 e. The van der Waals surface area contributed by atoms with E-state index in [1.54, 1.807) is 4.90 Å². The van der Waals surface area contributed by atoms with Gasteiger partial charge >= 0.3 is 0 Å². The third-order valence-corrected chi connectivity index (χ3v) is 3.80. The van der Waals surface area contributed by atoms with Crippen LogP contribution >= 0.6 is 0 Å². The third-order valence-electron chi connectivity index (χ3n) is 3.80. The molecule has 1 aromatic carbocycles. The molecule has 2 N–H and O–H groups in total. The summed E-state index contributed by atoms with van der Waals surface area (Å²) in [5.74, 6) is -0.485. The summed E-state index contributed by atoms with van der Waals surface area (Å²) < 4.78 is 12.8. The minimum Gasteiger partial charge on any atom is -0.339 e. The van der Waals surface area contributed by atoms with Crippen molar-refractivity contribution in [2.75, 3.05) is 25.0 Å². The van der Waals surface area contributed by atoms with Crippen LogP contribution < -0.4 is 10.6 Å². The van der Waals surface area contributed by atoms with Crippen LogP contribution in [0.4, 0.5) is 10.1 Å². The topological polar surface area (TPSA) is 61.4 Å². The Morgan fingerprint density at radius 2 is 2.05 bits per heavy atom. The van der Waals surface area contributed by atoms with E-state index in [4.69, 9.17) is 0 Å². The molecule has 1 atom stereocenters. The fraction of sp³-hybridized carbons (Fsp3) is 0.500. The lowest BCUT2D eigenvalue weighted by Gasteiger charge is -2.35.